The van der Waals surface area contributed by atoms with Crippen molar-refractivity contribution in [2.45, 2.75) is 50.7 Å². The van der Waals surface area contributed by atoms with Gasteiger partial charge in [-0.2, -0.15) is 0 Å². The van der Waals surface area contributed by atoms with E-state index in [1.165, 1.54) is 5.56 Å². The van der Waals surface area contributed by atoms with Gasteiger partial charge in [0.15, 0.2) is 6.29 Å². The SMILES string of the molecule is COC(OC)C1CCN(c2ccc([C@H]3c4ccc(O)cc4CC[C@H]3C3CCOCC3)c(F)c2)CC1. The lowest BCUT2D eigenvalue weighted by Gasteiger charge is -2.41. The van der Waals surface area contributed by atoms with E-state index in [1.807, 2.05) is 18.2 Å². The minimum absolute atomic E-state index is 0.00593. The van der Waals surface area contributed by atoms with Crippen LogP contribution in [0.2, 0.25) is 0 Å². The minimum atomic E-state index is -0.177. The molecular weight excluding hydrogens is 445 g/mol. The lowest BCUT2D eigenvalue weighted by molar-refractivity contribution is -0.141. The Kier molecular flexibility index (Phi) is 7.61. The number of phenolic OH excluding ortho intramolecular Hbond substituents is 1. The largest absolute Gasteiger partial charge is 0.508 e. The van der Waals surface area contributed by atoms with Gasteiger partial charge in [-0.3, -0.25) is 0 Å². The van der Waals surface area contributed by atoms with Gasteiger partial charge < -0.3 is 24.2 Å². The van der Waals surface area contributed by atoms with E-state index in [-0.39, 0.29) is 23.8 Å². The average Bonchev–Trinajstić information content (AvgIpc) is 2.89. The van der Waals surface area contributed by atoms with Gasteiger partial charge in [0, 0.05) is 58.0 Å². The standard InChI is InChI=1S/C29H38FNO4/c1-33-29(34-2)20-9-13-31(14-10-20)22-4-7-26(27(30)18-22)28-24(19-11-15-35-16-12-19)6-3-21-17-23(32)5-8-25(21)28/h4-5,7-8,17-20,24,28-29,32H,3,6,9-16H2,1-2H3/t24-,28+/m0/s1. The van der Waals surface area contributed by atoms with Crippen LogP contribution in [0.1, 0.15) is 54.7 Å². The molecule has 2 atom stereocenters. The highest BCUT2D eigenvalue weighted by Crippen LogP contribution is 2.48. The molecule has 2 saturated heterocycles. The maximum atomic E-state index is 15.9. The normalized spacial score (nSPS) is 24.1. The molecule has 6 heteroatoms. The molecule has 2 fully saturated rings. The van der Waals surface area contributed by atoms with Gasteiger partial charge in [-0.1, -0.05) is 12.1 Å². The van der Waals surface area contributed by atoms with E-state index in [4.69, 9.17) is 14.2 Å². The highest BCUT2D eigenvalue weighted by Gasteiger charge is 2.38. The monoisotopic (exact) mass is 483 g/mol. The van der Waals surface area contributed by atoms with Crippen LogP contribution < -0.4 is 4.90 Å². The molecule has 0 aromatic heterocycles. The number of phenols is 1. The number of rotatable bonds is 6. The van der Waals surface area contributed by atoms with Crippen LogP contribution in [0, 0.1) is 23.6 Å². The smallest absolute Gasteiger partial charge is 0.159 e. The van der Waals surface area contributed by atoms with Crippen LogP contribution in [0.15, 0.2) is 36.4 Å². The summed E-state index contributed by atoms with van der Waals surface area (Å²) in [6, 6.07) is 11.5. The Hall–Kier alpha value is -2.15. The van der Waals surface area contributed by atoms with Crippen molar-refractivity contribution < 1.29 is 23.7 Å². The van der Waals surface area contributed by atoms with Crippen molar-refractivity contribution >= 4 is 5.69 Å². The molecule has 0 unspecified atom stereocenters. The van der Waals surface area contributed by atoms with Crippen LogP contribution in [0.4, 0.5) is 10.1 Å². The van der Waals surface area contributed by atoms with Gasteiger partial charge in [0.1, 0.15) is 11.6 Å². The molecule has 2 aromatic carbocycles. The van der Waals surface area contributed by atoms with Crippen LogP contribution in [-0.2, 0) is 20.6 Å². The average molecular weight is 484 g/mol. The van der Waals surface area contributed by atoms with Gasteiger partial charge in [0.25, 0.3) is 0 Å². The highest BCUT2D eigenvalue weighted by atomic mass is 19.1. The van der Waals surface area contributed by atoms with Gasteiger partial charge in [-0.15, -0.1) is 0 Å². The predicted octanol–water partition coefficient (Wildman–Crippen LogP) is 5.49. The number of methoxy groups -OCH3 is 2. The van der Waals surface area contributed by atoms with Gasteiger partial charge in [-0.05, 0) is 91.3 Å². The second kappa shape index (κ2) is 10.9. The second-order valence-electron chi connectivity index (χ2n) is 10.4. The molecule has 0 spiro atoms. The fraction of sp³-hybridized carbons (Fsp3) is 0.586. The lowest BCUT2D eigenvalue weighted by atomic mass is 9.65. The van der Waals surface area contributed by atoms with Crippen LogP contribution in [0.25, 0.3) is 0 Å². The highest BCUT2D eigenvalue weighted by molar-refractivity contribution is 5.52. The third kappa shape index (κ3) is 5.07. The quantitative estimate of drug-likeness (QED) is 0.551. The first kappa shape index (κ1) is 24.5. The Bertz CT molecular complexity index is 996. The van der Waals surface area contributed by atoms with Crippen molar-refractivity contribution in [2.24, 2.45) is 17.8 Å². The van der Waals surface area contributed by atoms with Crippen molar-refractivity contribution in [3.05, 3.63) is 58.9 Å². The molecule has 35 heavy (non-hydrogen) atoms. The summed E-state index contributed by atoms with van der Waals surface area (Å²) in [5, 5.41) is 10.1. The van der Waals surface area contributed by atoms with Crippen molar-refractivity contribution in [2.75, 3.05) is 45.4 Å². The summed E-state index contributed by atoms with van der Waals surface area (Å²) in [6.45, 7) is 3.31. The predicted molar refractivity (Wildman–Crippen MR) is 134 cm³/mol. The van der Waals surface area contributed by atoms with E-state index >= 15 is 4.39 Å². The van der Waals surface area contributed by atoms with Crippen LogP contribution in [0.5, 0.6) is 5.75 Å². The number of hydrogen-bond donors (Lipinski definition) is 1. The molecule has 1 aliphatic carbocycles. The molecule has 5 nitrogen and oxygen atoms in total. The molecule has 3 aliphatic rings. The topological polar surface area (TPSA) is 51.2 Å². The number of hydrogen-bond acceptors (Lipinski definition) is 5. The summed E-state index contributed by atoms with van der Waals surface area (Å²) >= 11 is 0. The van der Waals surface area contributed by atoms with E-state index in [1.54, 1.807) is 26.4 Å². The maximum Gasteiger partial charge on any atom is 0.159 e. The second-order valence-corrected chi connectivity index (χ2v) is 10.4. The molecule has 0 radical (unpaired) electrons. The van der Waals surface area contributed by atoms with E-state index < -0.39 is 0 Å². The van der Waals surface area contributed by atoms with Gasteiger partial charge in [0.05, 0.1) is 0 Å². The van der Waals surface area contributed by atoms with Crippen LogP contribution in [-0.4, -0.2) is 51.9 Å². The summed E-state index contributed by atoms with van der Waals surface area (Å²) in [4.78, 5) is 2.27. The summed E-state index contributed by atoms with van der Waals surface area (Å²) in [6.07, 6.45) is 5.76. The van der Waals surface area contributed by atoms with Crippen molar-refractivity contribution in [1.29, 1.82) is 0 Å². The van der Waals surface area contributed by atoms with Crippen LogP contribution in [0.3, 0.4) is 0 Å². The van der Waals surface area contributed by atoms with Gasteiger partial charge in [0.2, 0.25) is 0 Å². The summed E-state index contributed by atoms with van der Waals surface area (Å²) in [5.74, 6) is 1.44. The van der Waals surface area contributed by atoms with Crippen molar-refractivity contribution in [3.63, 3.8) is 0 Å². The first-order chi connectivity index (χ1) is 17.1. The Morgan fingerprint density at radius 2 is 1.66 bits per heavy atom. The number of halogens is 1. The number of anilines is 1. The number of ether oxygens (including phenoxy) is 3. The fourth-order valence-corrected chi connectivity index (χ4v) is 6.76. The molecule has 2 aliphatic heterocycles. The van der Waals surface area contributed by atoms with Crippen molar-refractivity contribution in [1.82, 2.24) is 0 Å². The minimum Gasteiger partial charge on any atom is -0.508 e. The number of fused-ring (bicyclic) bond motifs is 1. The molecule has 2 aromatic rings. The zero-order valence-corrected chi connectivity index (χ0v) is 20.9. The number of aryl methyl sites for hydroxylation is 1. The van der Waals surface area contributed by atoms with E-state index in [2.05, 4.69) is 11.0 Å². The molecular formula is C29H38FNO4. The molecule has 5 rings (SSSR count). The Labute approximate surface area is 208 Å². The molecule has 0 amide bonds. The Morgan fingerprint density at radius 1 is 0.943 bits per heavy atom. The zero-order chi connectivity index (χ0) is 24.4. The Balaban J connectivity index is 1.40. The van der Waals surface area contributed by atoms with E-state index in [0.717, 1.165) is 81.6 Å². The van der Waals surface area contributed by atoms with Gasteiger partial charge in [-0.25, -0.2) is 4.39 Å². The molecule has 2 heterocycles. The third-order valence-corrected chi connectivity index (χ3v) is 8.58. The number of benzene rings is 2. The number of aromatic hydroxyl groups is 1. The first-order valence-corrected chi connectivity index (χ1v) is 13.1. The van der Waals surface area contributed by atoms with E-state index in [0.29, 0.717) is 17.8 Å². The number of nitrogens with zero attached hydrogens (tertiary/aromatic N) is 1. The molecule has 0 saturated carbocycles. The molecule has 1 N–H and O–H groups in total. The molecule has 0 bridgehead atoms. The summed E-state index contributed by atoms with van der Waals surface area (Å²) in [5.41, 5.74) is 4.05. The summed E-state index contributed by atoms with van der Waals surface area (Å²) < 4.78 is 32.4. The first-order valence-electron chi connectivity index (χ1n) is 13.1. The maximum absolute atomic E-state index is 15.9. The Morgan fingerprint density at radius 3 is 2.34 bits per heavy atom. The van der Waals surface area contributed by atoms with Gasteiger partial charge >= 0.3 is 0 Å². The van der Waals surface area contributed by atoms with Crippen LogP contribution >= 0.6 is 0 Å². The summed E-state index contributed by atoms with van der Waals surface area (Å²) in [7, 11) is 3.38. The fourth-order valence-electron chi connectivity index (χ4n) is 6.76. The number of piperidine rings is 1. The lowest BCUT2D eigenvalue weighted by Crippen LogP contribution is -2.39. The molecule has 190 valence electrons. The van der Waals surface area contributed by atoms with Crippen molar-refractivity contribution in [3.8, 4) is 5.75 Å². The zero-order valence-electron chi connectivity index (χ0n) is 20.9. The van der Waals surface area contributed by atoms with E-state index in [9.17, 15) is 5.11 Å². The third-order valence-electron chi connectivity index (χ3n) is 8.58.